The molecule has 2 heterocycles. The summed E-state index contributed by atoms with van der Waals surface area (Å²) in [6.07, 6.45) is 4.19. The minimum absolute atomic E-state index is 0.309. The van der Waals surface area contributed by atoms with Crippen LogP contribution in [0.4, 0.5) is 0 Å². The smallest absolute Gasteiger partial charge is 0.232 e. The summed E-state index contributed by atoms with van der Waals surface area (Å²) in [6, 6.07) is 2.31. The van der Waals surface area contributed by atoms with Crippen molar-refractivity contribution in [1.82, 2.24) is 14.9 Å². The average molecular weight is 246 g/mol. The van der Waals surface area contributed by atoms with Gasteiger partial charge in [0.25, 0.3) is 0 Å². The quantitative estimate of drug-likeness (QED) is 0.804. The zero-order valence-electron chi connectivity index (χ0n) is 10.8. The molecule has 1 saturated heterocycles. The van der Waals surface area contributed by atoms with Crippen LogP contribution in [0.15, 0.2) is 12.4 Å². The van der Waals surface area contributed by atoms with E-state index >= 15 is 0 Å². The molecule has 0 N–H and O–H groups in total. The maximum atomic E-state index is 8.62. The maximum absolute atomic E-state index is 8.62. The van der Waals surface area contributed by atoms with Crippen molar-refractivity contribution < 1.29 is 4.74 Å². The fourth-order valence-corrected chi connectivity index (χ4v) is 2.13. The molecule has 18 heavy (non-hydrogen) atoms. The van der Waals surface area contributed by atoms with E-state index in [-0.39, 0.29) is 0 Å². The first-order valence-corrected chi connectivity index (χ1v) is 6.28. The molecule has 0 amide bonds. The van der Waals surface area contributed by atoms with Gasteiger partial charge in [0.1, 0.15) is 12.7 Å². The van der Waals surface area contributed by atoms with Crippen LogP contribution in [0.2, 0.25) is 0 Å². The highest BCUT2D eigenvalue weighted by Crippen LogP contribution is 2.18. The Morgan fingerprint density at radius 1 is 1.56 bits per heavy atom. The first-order chi connectivity index (χ1) is 8.69. The average Bonchev–Trinajstić information content (AvgIpc) is 2.83. The van der Waals surface area contributed by atoms with Crippen LogP contribution < -0.4 is 4.74 Å². The van der Waals surface area contributed by atoms with Crippen molar-refractivity contribution in [1.29, 1.82) is 5.26 Å². The Morgan fingerprint density at radius 3 is 2.94 bits per heavy atom. The third-order valence-corrected chi connectivity index (χ3v) is 3.29. The summed E-state index contributed by atoms with van der Waals surface area (Å²) in [5.41, 5.74) is 0.309. The van der Waals surface area contributed by atoms with E-state index in [1.165, 1.54) is 18.8 Å². The number of hydrogen-bond acceptors (Lipinski definition) is 5. The molecule has 5 heteroatoms. The topological polar surface area (TPSA) is 62.0 Å². The van der Waals surface area contributed by atoms with E-state index in [9.17, 15) is 0 Å². The van der Waals surface area contributed by atoms with Gasteiger partial charge in [-0.25, -0.2) is 9.97 Å². The molecule has 0 spiro atoms. The van der Waals surface area contributed by atoms with E-state index in [2.05, 4.69) is 28.7 Å². The van der Waals surface area contributed by atoms with Crippen LogP contribution in [0.5, 0.6) is 5.88 Å². The van der Waals surface area contributed by atoms with Crippen molar-refractivity contribution in [2.24, 2.45) is 5.92 Å². The van der Waals surface area contributed by atoms with Crippen LogP contribution in [0.3, 0.4) is 0 Å². The van der Waals surface area contributed by atoms with Gasteiger partial charge in [0.05, 0.1) is 12.4 Å². The number of aromatic nitrogens is 2. The van der Waals surface area contributed by atoms with Gasteiger partial charge in [-0.1, -0.05) is 6.92 Å². The third kappa shape index (κ3) is 3.17. The Hall–Kier alpha value is -1.67. The Bertz CT molecular complexity index is 426. The van der Waals surface area contributed by atoms with Crippen molar-refractivity contribution in [2.45, 2.75) is 26.3 Å². The number of nitriles is 1. The number of ether oxygens (including phenoxy) is 1. The van der Waals surface area contributed by atoms with Crippen molar-refractivity contribution >= 4 is 0 Å². The van der Waals surface area contributed by atoms with Crippen LogP contribution in [0.25, 0.3) is 0 Å². The molecule has 0 bridgehead atoms. The largest absolute Gasteiger partial charge is 0.475 e. The highest BCUT2D eigenvalue weighted by atomic mass is 16.5. The van der Waals surface area contributed by atoms with Crippen LogP contribution in [0, 0.1) is 17.2 Å². The molecule has 1 aromatic heterocycles. The van der Waals surface area contributed by atoms with E-state index in [4.69, 9.17) is 10.00 Å². The van der Waals surface area contributed by atoms with Crippen molar-refractivity contribution in [3.8, 4) is 11.9 Å². The van der Waals surface area contributed by atoms with Crippen LogP contribution in [0.1, 0.15) is 26.0 Å². The van der Waals surface area contributed by atoms with E-state index in [1.807, 2.05) is 6.07 Å². The Labute approximate surface area is 107 Å². The highest BCUT2D eigenvalue weighted by Gasteiger charge is 2.23. The predicted molar refractivity (Wildman–Crippen MR) is 67.1 cm³/mol. The molecule has 2 unspecified atom stereocenters. The van der Waals surface area contributed by atoms with Crippen molar-refractivity contribution in [2.75, 3.05) is 19.7 Å². The summed E-state index contributed by atoms with van der Waals surface area (Å²) in [5.74, 6) is 1.26. The lowest BCUT2D eigenvalue weighted by atomic mass is 10.2. The lowest BCUT2D eigenvalue weighted by molar-refractivity contribution is 0.165. The number of hydrogen-bond donors (Lipinski definition) is 0. The molecule has 1 aliphatic heterocycles. The van der Waals surface area contributed by atoms with Gasteiger partial charge in [0.15, 0.2) is 5.69 Å². The van der Waals surface area contributed by atoms with Gasteiger partial charge in [-0.2, -0.15) is 5.26 Å². The standard InChI is InChI=1S/C13H18N4O/c1-10-3-4-17(8-10)11(2)9-18-13-7-15-12(5-14)6-16-13/h6-7,10-11H,3-4,8-9H2,1-2H3. The predicted octanol–water partition coefficient (Wildman–Crippen LogP) is 1.46. The highest BCUT2D eigenvalue weighted by molar-refractivity contribution is 5.18. The van der Waals surface area contributed by atoms with Crippen molar-refractivity contribution in [3.05, 3.63) is 18.1 Å². The Balaban J connectivity index is 1.81. The first kappa shape index (κ1) is 12.8. The second kappa shape index (κ2) is 5.78. The summed E-state index contributed by atoms with van der Waals surface area (Å²) in [5, 5.41) is 8.62. The number of rotatable bonds is 4. The molecule has 0 radical (unpaired) electrons. The molecule has 5 nitrogen and oxygen atoms in total. The van der Waals surface area contributed by atoms with Gasteiger partial charge in [-0.3, -0.25) is 4.90 Å². The molecule has 1 aromatic rings. The van der Waals surface area contributed by atoms with Gasteiger partial charge in [0.2, 0.25) is 5.88 Å². The summed E-state index contributed by atoms with van der Waals surface area (Å²) in [6.45, 7) is 7.33. The summed E-state index contributed by atoms with van der Waals surface area (Å²) >= 11 is 0. The van der Waals surface area contributed by atoms with Crippen LogP contribution in [-0.4, -0.2) is 40.6 Å². The minimum Gasteiger partial charge on any atom is -0.475 e. The van der Waals surface area contributed by atoms with Gasteiger partial charge in [-0.05, 0) is 25.8 Å². The minimum atomic E-state index is 0.309. The van der Waals surface area contributed by atoms with Crippen LogP contribution in [-0.2, 0) is 0 Å². The molecule has 2 atom stereocenters. The molecule has 0 saturated carbocycles. The van der Waals surface area contributed by atoms with E-state index in [0.717, 1.165) is 19.0 Å². The monoisotopic (exact) mass is 246 g/mol. The van der Waals surface area contributed by atoms with E-state index < -0.39 is 0 Å². The third-order valence-electron chi connectivity index (χ3n) is 3.29. The molecule has 2 rings (SSSR count). The normalized spacial score (nSPS) is 21.5. The lowest BCUT2D eigenvalue weighted by Gasteiger charge is -2.23. The molecular weight excluding hydrogens is 228 g/mol. The van der Waals surface area contributed by atoms with Gasteiger partial charge < -0.3 is 4.74 Å². The Morgan fingerprint density at radius 2 is 2.39 bits per heavy atom. The van der Waals surface area contributed by atoms with E-state index in [1.54, 1.807) is 0 Å². The second-order valence-electron chi connectivity index (χ2n) is 4.90. The lowest BCUT2D eigenvalue weighted by Crippen LogP contribution is -2.35. The molecule has 1 aliphatic rings. The number of likely N-dealkylation sites (tertiary alicyclic amines) is 1. The zero-order chi connectivity index (χ0) is 13.0. The van der Waals surface area contributed by atoms with E-state index in [0.29, 0.717) is 24.2 Å². The molecule has 96 valence electrons. The summed E-state index contributed by atoms with van der Waals surface area (Å²) < 4.78 is 5.59. The van der Waals surface area contributed by atoms with Crippen LogP contribution >= 0.6 is 0 Å². The molecule has 1 fully saturated rings. The Kier molecular flexibility index (Phi) is 4.11. The number of nitrogens with zero attached hydrogens (tertiary/aromatic N) is 4. The zero-order valence-corrected chi connectivity index (χ0v) is 10.8. The second-order valence-corrected chi connectivity index (χ2v) is 4.90. The van der Waals surface area contributed by atoms with Crippen molar-refractivity contribution in [3.63, 3.8) is 0 Å². The van der Waals surface area contributed by atoms with Gasteiger partial charge in [0, 0.05) is 12.6 Å². The molecule has 0 aliphatic carbocycles. The summed E-state index contributed by atoms with van der Waals surface area (Å²) in [4.78, 5) is 10.4. The summed E-state index contributed by atoms with van der Waals surface area (Å²) in [7, 11) is 0. The fraction of sp³-hybridized carbons (Fsp3) is 0.615. The fourth-order valence-electron chi connectivity index (χ4n) is 2.13. The maximum Gasteiger partial charge on any atom is 0.232 e. The van der Waals surface area contributed by atoms with Gasteiger partial charge >= 0.3 is 0 Å². The first-order valence-electron chi connectivity index (χ1n) is 6.28. The molecule has 0 aromatic carbocycles. The van der Waals surface area contributed by atoms with Gasteiger partial charge in [-0.15, -0.1) is 0 Å². The molecular formula is C13H18N4O. The SMILES string of the molecule is CC1CCN(C(C)COc2cnc(C#N)cn2)C1.